The number of carboxylic acid groups (broad SMARTS) is 1. The molecule has 15 heavy (non-hydrogen) atoms. The quantitative estimate of drug-likeness (QED) is 0.658. The molecule has 0 heterocycles. The molecule has 0 aromatic heterocycles. The number of rotatable bonds is 8. The van der Waals surface area contributed by atoms with Crippen molar-refractivity contribution in [2.45, 2.75) is 45.6 Å². The molecule has 0 amide bonds. The van der Waals surface area contributed by atoms with Crippen LogP contribution in [-0.2, 0) is 14.8 Å². The number of carboxylic acids is 1. The first-order chi connectivity index (χ1) is 6.93. The van der Waals surface area contributed by atoms with Gasteiger partial charge in [-0.2, -0.15) is 0 Å². The molecule has 0 aliphatic heterocycles. The van der Waals surface area contributed by atoms with Crippen molar-refractivity contribution in [1.82, 2.24) is 4.72 Å². The molecule has 5 nitrogen and oxygen atoms in total. The van der Waals surface area contributed by atoms with Crippen LogP contribution in [0.15, 0.2) is 0 Å². The first kappa shape index (κ1) is 14.4. The van der Waals surface area contributed by atoms with Crippen LogP contribution in [0.4, 0.5) is 0 Å². The minimum absolute atomic E-state index is 0.00298. The molecule has 0 aromatic carbocycles. The summed E-state index contributed by atoms with van der Waals surface area (Å²) in [6.07, 6.45) is 2.27. The van der Waals surface area contributed by atoms with Gasteiger partial charge in [-0.05, 0) is 12.8 Å². The second-order valence-electron chi connectivity index (χ2n) is 3.47. The van der Waals surface area contributed by atoms with Crippen molar-refractivity contribution in [3.8, 4) is 0 Å². The van der Waals surface area contributed by atoms with Gasteiger partial charge in [-0.1, -0.05) is 26.7 Å². The third-order valence-electron chi connectivity index (χ3n) is 1.96. The Morgan fingerprint density at radius 2 is 1.93 bits per heavy atom. The van der Waals surface area contributed by atoms with E-state index in [9.17, 15) is 13.2 Å². The van der Waals surface area contributed by atoms with E-state index in [0.29, 0.717) is 19.3 Å². The Labute approximate surface area is 90.9 Å². The van der Waals surface area contributed by atoms with Crippen LogP contribution in [0.5, 0.6) is 0 Å². The first-order valence-corrected chi connectivity index (χ1v) is 6.81. The third-order valence-corrected chi connectivity index (χ3v) is 3.43. The molecule has 0 spiro atoms. The van der Waals surface area contributed by atoms with E-state index >= 15 is 0 Å². The van der Waals surface area contributed by atoms with Crippen LogP contribution in [0, 0.1) is 0 Å². The lowest BCUT2D eigenvalue weighted by molar-refractivity contribution is -0.139. The van der Waals surface area contributed by atoms with Gasteiger partial charge in [0.05, 0.1) is 5.75 Å². The molecule has 6 heteroatoms. The van der Waals surface area contributed by atoms with Gasteiger partial charge in [0.15, 0.2) is 0 Å². The van der Waals surface area contributed by atoms with Crippen molar-refractivity contribution in [2.75, 3.05) is 5.75 Å². The van der Waals surface area contributed by atoms with E-state index in [4.69, 9.17) is 5.11 Å². The zero-order valence-corrected chi connectivity index (χ0v) is 10.0. The highest BCUT2D eigenvalue weighted by Gasteiger charge is 2.22. The fourth-order valence-electron chi connectivity index (χ4n) is 1.13. The highest BCUT2D eigenvalue weighted by Crippen LogP contribution is 2.01. The summed E-state index contributed by atoms with van der Waals surface area (Å²) in [5, 5.41) is 8.77. The summed E-state index contributed by atoms with van der Waals surface area (Å²) in [6.45, 7) is 3.70. The largest absolute Gasteiger partial charge is 0.480 e. The summed E-state index contributed by atoms with van der Waals surface area (Å²) < 4.78 is 25.0. The first-order valence-electron chi connectivity index (χ1n) is 5.15. The predicted octanol–water partition coefficient (Wildman–Crippen LogP) is 0.959. The van der Waals surface area contributed by atoms with Crippen LogP contribution in [0.2, 0.25) is 0 Å². The van der Waals surface area contributed by atoms with Gasteiger partial charge < -0.3 is 5.11 Å². The molecule has 90 valence electrons. The van der Waals surface area contributed by atoms with Crippen LogP contribution in [0.25, 0.3) is 0 Å². The summed E-state index contributed by atoms with van der Waals surface area (Å²) in [6, 6.07) is -0.989. The number of aliphatic carboxylic acids is 1. The lowest BCUT2D eigenvalue weighted by Crippen LogP contribution is -2.41. The number of carbonyl (C=O) groups is 1. The molecular weight excluding hydrogens is 218 g/mol. The monoisotopic (exact) mass is 237 g/mol. The van der Waals surface area contributed by atoms with Crippen LogP contribution >= 0.6 is 0 Å². The Morgan fingerprint density at radius 3 is 2.33 bits per heavy atom. The Balaban J connectivity index is 4.32. The zero-order chi connectivity index (χ0) is 11.9. The maximum Gasteiger partial charge on any atom is 0.321 e. The van der Waals surface area contributed by atoms with Crippen LogP contribution in [0.3, 0.4) is 0 Å². The van der Waals surface area contributed by atoms with Crippen LogP contribution in [0.1, 0.15) is 39.5 Å². The molecule has 0 saturated heterocycles. The van der Waals surface area contributed by atoms with E-state index in [2.05, 4.69) is 4.72 Å². The molecule has 0 fully saturated rings. The topological polar surface area (TPSA) is 83.5 Å². The fourth-order valence-corrected chi connectivity index (χ4v) is 2.57. The van der Waals surface area contributed by atoms with Crippen molar-refractivity contribution in [3.05, 3.63) is 0 Å². The Kier molecular flexibility index (Phi) is 6.51. The molecule has 0 aliphatic carbocycles. The summed E-state index contributed by atoms with van der Waals surface area (Å²) >= 11 is 0. The lowest BCUT2D eigenvalue weighted by Gasteiger charge is -2.13. The molecule has 1 atom stereocenters. The number of hydrogen-bond acceptors (Lipinski definition) is 3. The van der Waals surface area contributed by atoms with E-state index < -0.39 is 22.0 Å². The summed E-state index contributed by atoms with van der Waals surface area (Å²) in [7, 11) is -3.44. The van der Waals surface area contributed by atoms with Gasteiger partial charge in [-0.3, -0.25) is 4.79 Å². The minimum atomic E-state index is -3.44. The molecular formula is C9H19NO4S. The Bertz CT molecular complexity index is 286. The SMILES string of the molecule is CCCCS(=O)(=O)N[C@H](CCC)C(=O)O. The molecule has 0 saturated carbocycles. The number of unbranched alkanes of at least 4 members (excludes halogenated alkanes) is 1. The highest BCUT2D eigenvalue weighted by molar-refractivity contribution is 7.89. The van der Waals surface area contributed by atoms with Crippen molar-refractivity contribution < 1.29 is 18.3 Å². The van der Waals surface area contributed by atoms with Crippen LogP contribution in [-0.4, -0.2) is 31.3 Å². The average molecular weight is 237 g/mol. The minimum Gasteiger partial charge on any atom is -0.480 e. The fraction of sp³-hybridized carbons (Fsp3) is 0.889. The highest BCUT2D eigenvalue weighted by atomic mass is 32.2. The Morgan fingerprint density at radius 1 is 1.33 bits per heavy atom. The number of nitrogens with one attached hydrogen (secondary N) is 1. The standard InChI is InChI=1S/C9H19NO4S/c1-3-5-7-15(13,14)10-8(6-4-2)9(11)12/h8,10H,3-7H2,1-2H3,(H,11,12)/t8-/m1/s1. The van der Waals surface area contributed by atoms with Gasteiger partial charge in [0.1, 0.15) is 6.04 Å². The molecule has 0 unspecified atom stereocenters. The third kappa shape index (κ3) is 6.46. The van der Waals surface area contributed by atoms with Crippen molar-refractivity contribution in [1.29, 1.82) is 0 Å². The molecule has 0 bridgehead atoms. The average Bonchev–Trinajstić information content (AvgIpc) is 2.14. The smallest absolute Gasteiger partial charge is 0.321 e. The van der Waals surface area contributed by atoms with Crippen molar-refractivity contribution in [2.24, 2.45) is 0 Å². The zero-order valence-electron chi connectivity index (χ0n) is 9.19. The van der Waals surface area contributed by atoms with E-state index in [1.807, 2.05) is 13.8 Å². The van der Waals surface area contributed by atoms with Crippen molar-refractivity contribution >= 4 is 16.0 Å². The normalized spacial score (nSPS) is 13.7. The molecule has 0 rings (SSSR count). The second-order valence-corrected chi connectivity index (χ2v) is 5.34. The van der Waals surface area contributed by atoms with Gasteiger partial charge >= 0.3 is 5.97 Å². The molecule has 0 aliphatic rings. The van der Waals surface area contributed by atoms with E-state index in [1.165, 1.54) is 0 Å². The molecule has 0 radical (unpaired) electrons. The van der Waals surface area contributed by atoms with E-state index in [-0.39, 0.29) is 5.75 Å². The van der Waals surface area contributed by atoms with E-state index in [1.54, 1.807) is 0 Å². The van der Waals surface area contributed by atoms with E-state index in [0.717, 1.165) is 6.42 Å². The number of hydrogen-bond donors (Lipinski definition) is 2. The Hall–Kier alpha value is -0.620. The molecule has 0 aromatic rings. The second kappa shape index (κ2) is 6.79. The van der Waals surface area contributed by atoms with Gasteiger partial charge in [0.25, 0.3) is 0 Å². The van der Waals surface area contributed by atoms with Gasteiger partial charge in [0, 0.05) is 0 Å². The summed E-state index contributed by atoms with van der Waals surface area (Å²) in [5.41, 5.74) is 0. The van der Waals surface area contributed by atoms with Crippen LogP contribution < -0.4 is 4.72 Å². The predicted molar refractivity (Wildman–Crippen MR) is 58.2 cm³/mol. The maximum absolute atomic E-state index is 11.4. The van der Waals surface area contributed by atoms with Crippen molar-refractivity contribution in [3.63, 3.8) is 0 Å². The number of sulfonamides is 1. The summed E-state index contributed by atoms with van der Waals surface area (Å²) in [5.74, 6) is -1.12. The van der Waals surface area contributed by atoms with Gasteiger partial charge in [0.2, 0.25) is 10.0 Å². The lowest BCUT2D eigenvalue weighted by atomic mass is 10.2. The maximum atomic E-state index is 11.4. The summed E-state index contributed by atoms with van der Waals surface area (Å²) in [4.78, 5) is 10.7. The van der Waals surface area contributed by atoms with Gasteiger partial charge in [-0.15, -0.1) is 0 Å². The van der Waals surface area contributed by atoms with Gasteiger partial charge in [-0.25, -0.2) is 13.1 Å². The molecule has 2 N–H and O–H groups in total.